The van der Waals surface area contributed by atoms with Crippen LogP contribution in [0.3, 0.4) is 0 Å². The molecule has 84 valence electrons. The van der Waals surface area contributed by atoms with E-state index in [1.165, 1.54) is 22.8 Å². The van der Waals surface area contributed by atoms with Gasteiger partial charge in [-0.05, 0) is 12.1 Å². The molecule has 17 heavy (non-hydrogen) atoms. The van der Waals surface area contributed by atoms with Gasteiger partial charge in [-0.15, -0.1) is 0 Å². The molecule has 0 bridgehead atoms. The Balaban J connectivity index is 2.31. The van der Waals surface area contributed by atoms with E-state index in [-0.39, 0.29) is 5.56 Å². The maximum Gasteiger partial charge on any atom is 0.166 e. The van der Waals surface area contributed by atoms with E-state index in [0.29, 0.717) is 11.2 Å². The van der Waals surface area contributed by atoms with Crippen molar-refractivity contribution in [1.82, 2.24) is 14.6 Å². The molecule has 0 amide bonds. The number of benzene rings is 1. The topological polar surface area (TPSA) is 30.2 Å². The third-order valence-electron chi connectivity index (χ3n) is 2.52. The minimum absolute atomic E-state index is 0.165. The van der Waals surface area contributed by atoms with Gasteiger partial charge in [0.05, 0.1) is 6.20 Å². The number of hydrogen-bond donors (Lipinski definition) is 0. The van der Waals surface area contributed by atoms with E-state index in [9.17, 15) is 8.78 Å². The fraction of sp³-hybridized carbons (Fsp3) is 0. The Hall–Kier alpha value is -2.30. The Labute approximate surface area is 95.3 Å². The smallest absolute Gasteiger partial charge is 0.166 e. The van der Waals surface area contributed by atoms with Crippen LogP contribution in [0.5, 0.6) is 0 Å². The molecule has 0 saturated carbocycles. The Kier molecular flexibility index (Phi) is 2.11. The number of hydrogen-bond acceptors (Lipinski definition) is 2. The molecule has 2 heterocycles. The third-order valence-corrected chi connectivity index (χ3v) is 2.52. The first-order valence-corrected chi connectivity index (χ1v) is 5.00. The van der Waals surface area contributed by atoms with Gasteiger partial charge >= 0.3 is 0 Å². The number of nitrogens with zero attached hydrogens (tertiary/aromatic N) is 3. The van der Waals surface area contributed by atoms with Crippen molar-refractivity contribution < 1.29 is 8.78 Å². The SMILES string of the molecule is Fc1cccc(-c2cnn3cccnc23)c1F. The molecule has 0 spiro atoms. The summed E-state index contributed by atoms with van der Waals surface area (Å²) in [5.41, 5.74) is 1.14. The van der Waals surface area contributed by atoms with Crippen molar-refractivity contribution in [3.63, 3.8) is 0 Å². The average Bonchev–Trinajstić information content (AvgIpc) is 2.77. The van der Waals surface area contributed by atoms with Crippen LogP contribution in [0.4, 0.5) is 8.78 Å². The lowest BCUT2D eigenvalue weighted by Gasteiger charge is -2.01. The average molecular weight is 231 g/mol. The maximum atomic E-state index is 13.7. The Bertz CT molecular complexity index is 691. The number of rotatable bonds is 1. The van der Waals surface area contributed by atoms with Crippen LogP contribution in [-0.2, 0) is 0 Å². The molecule has 0 fully saturated rings. The molecule has 0 aliphatic heterocycles. The standard InChI is InChI=1S/C12H7F2N3/c13-10-4-1-3-8(11(10)14)9-7-16-17-6-2-5-15-12(9)17/h1-7H. The van der Waals surface area contributed by atoms with Crippen molar-refractivity contribution in [3.05, 3.63) is 54.5 Å². The molecule has 3 aromatic rings. The highest BCUT2D eigenvalue weighted by Gasteiger charge is 2.14. The normalized spacial score (nSPS) is 10.9. The summed E-state index contributed by atoms with van der Waals surface area (Å²) in [6, 6.07) is 5.76. The fourth-order valence-corrected chi connectivity index (χ4v) is 1.73. The van der Waals surface area contributed by atoms with Crippen molar-refractivity contribution in [3.8, 4) is 11.1 Å². The van der Waals surface area contributed by atoms with Gasteiger partial charge in [-0.25, -0.2) is 18.3 Å². The van der Waals surface area contributed by atoms with E-state index in [4.69, 9.17) is 0 Å². The van der Waals surface area contributed by atoms with Gasteiger partial charge in [0.25, 0.3) is 0 Å². The van der Waals surface area contributed by atoms with Crippen LogP contribution < -0.4 is 0 Å². The lowest BCUT2D eigenvalue weighted by Crippen LogP contribution is -1.91. The second-order valence-corrected chi connectivity index (χ2v) is 3.55. The summed E-state index contributed by atoms with van der Waals surface area (Å²) >= 11 is 0. The second-order valence-electron chi connectivity index (χ2n) is 3.55. The van der Waals surface area contributed by atoms with Gasteiger partial charge in [0.1, 0.15) is 0 Å². The van der Waals surface area contributed by atoms with E-state index in [1.807, 2.05) is 0 Å². The molecule has 5 heteroatoms. The van der Waals surface area contributed by atoms with Gasteiger partial charge in [0, 0.05) is 23.5 Å². The van der Waals surface area contributed by atoms with Gasteiger partial charge in [0.2, 0.25) is 0 Å². The van der Waals surface area contributed by atoms with E-state index >= 15 is 0 Å². The summed E-state index contributed by atoms with van der Waals surface area (Å²) in [6.07, 6.45) is 4.75. The maximum absolute atomic E-state index is 13.7. The first-order chi connectivity index (χ1) is 8.27. The van der Waals surface area contributed by atoms with E-state index in [2.05, 4.69) is 10.1 Å². The van der Waals surface area contributed by atoms with Crippen LogP contribution in [0, 0.1) is 11.6 Å². The molecule has 0 aliphatic carbocycles. The monoisotopic (exact) mass is 231 g/mol. The lowest BCUT2D eigenvalue weighted by atomic mass is 10.1. The van der Waals surface area contributed by atoms with Crippen molar-refractivity contribution in [2.24, 2.45) is 0 Å². The molecule has 0 aliphatic rings. The van der Waals surface area contributed by atoms with Gasteiger partial charge in [-0.2, -0.15) is 5.10 Å². The van der Waals surface area contributed by atoms with Crippen LogP contribution in [0.2, 0.25) is 0 Å². The fourth-order valence-electron chi connectivity index (χ4n) is 1.73. The molecule has 0 radical (unpaired) electrons. The first kappa shape index (κ1) is 9.89. The second kappa shape index (κ2) is 3.62. The lowest BCUT2D eigenvalue weighted by molar-refractivity contribution is 0.511. The number of halogens is 2. The molecule has 0 N–H and O–H groups in total. The summed E-state index contributed by atoms with van der Waals surface area (Å²) in [6.45, 7) is 0. The van der Waals surface area contributed by atoms with Crippen molar-refractivity contribution in [1.29, 1.82) is 0 Å². The zero-order chi connectivity index (χ0) is 11.8. The van der Waals surface area contributed by atoms with Gasteiger partial charge < -0.3 is 0 Å². The largest absolute Gasteiger partial charge is 0.236 e. The molecule has 2 aromatic heterocycles. The summed E-state index contributed by atoms with van der Waals surface area (Å²) < 4.78 is 28.3. The van der Waals surface area contributed by atoms with E-state index < -0.39 is 11.6 Å². The van der Waals surface area contributed by atoms with Crippen LogP contribution in [0.15, 0.2) is 42.9 Å². The highest BCUT2D eigenvalue weighted by Crippen LogP contribution is 2.26. The highest BCUT2D eigenvalue weighted by molar-refractivity contribution is 5.77. The van der Waals surface area contributed by atoms with Gasteiger partial charge in [-0.3, -0.25) is 0 Å². The molecular formula is C12H7F2N3. The summed E-state index contributed by atoms with van der Waals surface area (Å²) in [4.78, 5) is 4.10. The van der Waals surface area contributed by atoms with Crippen LogP contribution >= 0.6 is 0 Å². The Morgan fingerprint density at radius 3 is 2.82 bits per heavy atom. The molecule has 0 unspecified atom stereocenters. The van der Waals surface area contributed by atoms with Gasteiger partial charge in [0.15, 0.2) is 17.3 Å². The molecule has 3 nitrogen and oxygen atoms in total. The number of aromatic nitrogens is 3. The van der Waals surface area contributed by atoms with Crippen LogP contribution in [0.1, 0.15) is 0 Å². The number of fused-ring (bicyclic) bond motifs is 1. The minimum atomic E-state index is -0.881. The Morgan fingerprint density at radius 1 is 1.06 bits per heavy atom. The minimum Gasteiger partial charge on any atom is -0.236 e. The van der Waals surface area contributed by atoms with Gasteiger partial charge in [-0.1, -0.05) is 12.1 Å². The van der Waals surface area contributed by atoms with Crippen LogP contribution in [0.25, 0.3) is 16.8 Å². The first-order valence-electron chi connectivity index (χ1n) is 5.00. The van der Waals surface area contributed by atoms with Crippen molar-refractivity contribution in [2.45, 2.75) is 0 Å². The zero-order valence-corrected chi connectivity index (χ0v) is 8.64. The summed E-state index contributed by atoms with van der Waals surface area (Å²) in [5.74, 6) is -1.76. The Morgan fingerprint density at radius 2 is 1.94 bits per heavy atom. The van der Waals surface area contributed by atoms with E-state index in [0.717, 1.165) is 6.07 Å². The predicted molar refractivity (Wildman–Crippen MR) is 58.3 cm³/mol. The third kappa shape index (κ3) is 1.47. The van der Waals surface area contributed by atoms with Crippen molar-refractivity contribution >= 4 is 5.65 Å². The molecule has 1 aromatic carbocycles. The molecular weight excluding hydrogens is 224 g/mol. The highest BCUT2D eigenvalue weighted by atomic mass is 19.2. The quantitative estimate of drug-likeness (QED) is 0.644. The predicted octanol–water partition coefficient (Wildman–Crippen LogP) is 2.67. The zero-order valence-electron chi connectivity index (χ0n) is 8.64. The van der Waals surface area contributed by atoms with E-state index in [1.54, 1.807) is 18.5 Å². The summed E-state index contributed by atoms with van der Waals surface area (Å²) in [5, 5.41) is 4.03. The molecule has 3 rings (SSSR count). The molecule has 0 atom stereocenters. The van der Waals surface area contributed by atoms with Crippen LogP contribution in [-0.4, -0.2) is 14.6 Å². The molecule has 0 saturated heterocycles. The summed E-state index contributed by atoms with van der Waals surface area (Å²) in [7, 11) is 0. The van der Waals surface area contributed by atoms with Crippen molar-refractivity contribution in [2.75, 3.05) is 0 Å².